The van der Waals surface area contributed by atoms with Crippen molar-refractivity contribution in [2.45, 2.75) is 39.6 Å². The van der Waals surface area contributed by atoms with Crippen molar-refractivity contribution in [2.75, 3.05) is 0 Å². The minimum atomic E-state index is 0.156. The van der Waals surface area contributed by atoms with Crippen LogP contribution in [-0.2, 0) is 24.6 Å². The third kappa shape index (κ3) is 5.39. The molecule has 6 heteroatoms. The maximum absolute atomic E-state index is 12.8. The van der Waals surface area contributed by atoms with E-state index in [-0.39, 0.29) is 5.78 Å². The standard InChI is InChI=1S/C29H28N4O2/c1-22-18-26-10-5-6-11-28(26)33(22)17-7-12-29(34)25-15-13-24(14-16-25)27-19-32(31-30-27)21-35-20-23-8-3-2-4-9-23/h2-6,8-11,13-16,18-19H,7,12,17,20-21H2,1H3. The SMILES string of the molecule is Cc1cc2ccccc2n1CCCC(=O)c1ccc(-c2cn(COCc3ccccc3)nn2)cc1. The number of ether oxygens (including phenoxy) is 1. The highest BCUT2D eigenvalue weighted by Gasteiger charge is 2.10. The number of hydrogen-bond acceptors (Lipinski definition) is 4. The molecule has 0 aliphatic rings. The number of para-hydroxylation sites is 1. The summed E-state index contributed by atoms with van der Waals surface area (Å²) >= 11 is 0. The number of Topliss-reactive ketones (excluding diaryl/α,β-unsaturated/α-hetero) is 1. The van der Waals surface area contributed by atoms with Gasteiger partial charge in [-0.15, -0.1) is 5.10 Å². The lowest BCUT2D eigenvalue weighted by atomic mass is 10.0. The summed E-state index contributed by atoms with van der Waals surface area (Å²) in [6, 6.07) is 28.2. The van der Waals surface area contributed by atoms with E-state index in [1.54, 1.807) is 4.68 Å². The maximum Gasteiger partial charge on any atom is 0.162 e. The monoisotopic (exact) mass is 464 g/mol. The zero-order chi connectivity index (χ0) is 24.0. The Balaban J connectivity index is 1.14. The largest absolute Gasteiger partial charge is 0.355 e. The van der Waals surface area contributed by atoms with E-state index in [0.717, 1.165) is 35.3 Å². The van der Waals surface area contributed by atoms with Crippen LogP contribution in [0.3, 0.4) is 0 Å². The van der Waals surface area contributed by atoms with E-state index in [0.29, 0.717) is 19.8 Å². The summed E-state index contributed by atoms with van der Waals surface area (Å²) in [6.07, 6.45) is 3.17. The Bertz CT molecular complexity index is 1420. The average Bonchev–Trinajstić information content (AvgIpc) is 3.49. The first kappa shape index (κ1) is 22.7. The number of hydrogen-bond donors (Lipinski definition) is 0. The molecule has 0 N–H and O–H groups in total. The van der Waals surface area contributed by atoms with E-state index >= 15 is 0 Å². The molecule has 0 saturated carbocycles. The molecule has 6 nitrogen and oxygen atoms in total. The molecule has 0 amide bonds. The quantitative estimate of drug-likeness (QED) is 0.236. The van der Waals surface area contributed by atoms with Crippen LogP contribution in [0.15, 0.2) is 91.1 Å². The van der Waals surface area contributed by atoms with Crippen molar-refractivity contribution in [2.24, 2.45) is 0 Å². The van der Waals surface area contributed by atoms with E-state index in [9.17, 15) is 4.79 Å². The first-order chi connectivity index (χ1) is 17.2. The van der Waals surface area contributed by atoms with Gasteiger partial charge < -0.3 is 9.30 Å². The molecule has 0 bridgehead atoms. The van der Waals surface area contributed by atoms with Crippen LogP contribution in [0.5, 0.6) is 0 Å². The van der Waals surface area contributed by atoms with Gasteiger partial charge in [-0.05, 0) is 36.4 Å². The van der Waals surface area contributed by atoms with Crippen LogP contribution in [0.2, 0.25) is 0 Å². The molecule has 35 heavy (non-hydrogen) atoms. The maximum atomic E-state index is 12.8. The number of benzene rings is 3. The Morgan fingerprint density at radius 2 is 1.71 bits per heavy atom. The number of fused-ring (bicyclic) bond motifs is 1. The Morgan fingerprint density at radius 1 is 0.943 bits per heavy atom. The van der Waals surface area contributed by atoms with Gasteiger partial charge in [0.2, 0.25) is 0 Å². The lowest BCUT2D eigenvalue weighted by Gasteiger charge is -2.08. The van der Waals surface area contributed by atoms with Crippen LogP contribution in [-0.4, -0.2) is 25.3 Å². The number of carbonyl (C=O) groups excluding carboxylic acids is 1. The van der Waals surface area contributed by atoms with Gasteiger partial charge in [-0.25, -0.2) is 4.68 Å². The van der Waals surface area contributed by atoms with Crippen molar-refractivity contribution in [1.82, 2.24) is 19.6 Å². The van der Waals surface area contributed by atoms with Crippen LogP contribution in [0.1, 0.15) is 34.5 Å². The van der Waals surface area contributed by atoms with Gasteiger partial charge in [0.05, 0.1) is 12.8 Å². The predicted molar refractivity (Wildman–Crippen MR) is 137 cm³/mol. The number of aromatic nitrogens is 4. The zero-order valence-corrected chi connectivity index (χ0v) is 19.8. The first-order valence-corrected chi connectivity index (χ1v) is 11.9. The molecule has 0 saturated heterocycles. The molecular weight excluding hydrogens is 436 g/mol. The van der Waals surface area contributed by atoms with E-state index in [1.165, 1.54) is 16.6 Å². The fourth-order valence-corrected chi connectivity index (χ4v) is 4.34. The molecule has 0 spiro atoms. The summed E-state index contributed by atoms with van der Waals surface area (Å²) in [7, 11) is 0. The second-order valence-electron chi connectivity index (χ2n) is 8.71. The highest BCUT2D eigenvalue weighted by atomic mass is 16.5. The van der Waals surface area contributed by atoms with Crippen molar-refractivity contribution in [3.05, 3.63) is 108 Å². The van der Waals surface area contributed by atoms with Crippen molar-refractivity contribution >= 4 is 16.7 Å². The van der Waals surface area contributed by atoms with Crippen LogP contribution in [0.25, 0.3) is 22.2 Å². The van der Waals surface area contributed by atoms with Crippen molar-refractivity contribution in [1.29, 1.82) is 0 Å². The first-order valence-electron chi connectivity index (χ1n) is 11.9. The van der Waals surface area contributed by atoms with Crippen molar-refractivity contribution in [3.8, 4) is 11.3 Å². The Labute approximate surface area is 204 Å². The van der Waals surface area contributed by atoms with Gasteiger partial charge in [0.25, 0.3) is 0 Å². The molecule has 176 valence electrons. The number of carbonyl (C=O) groups is 1. The summed E-state index contributed by atoms with van der Waals surface area (Å²) in [5, 5.41) is 9.63. The topological polar surface area (TPSA) is 61.9 Å². The highest BCUT2D eigenvalue weighted by molar-refractivity contribution is 5.96. The van der Waals surface area contributed by atoms with E-state index in [2.05, 4.69) is 52.1 Å². The van der Waals surface area contributed by atoms with Gasteiger partial charge in [0.1, 0.15) is 12.4 Å². The van der Waals surface area contributed by atoms with Crippen LogP contribution < -0.4 is 0 Å². The zero-order valence-electron chi connectivity index (χ0n) is 19.8. The smallest absolute Gasteiger partial charge is 0.162 e. The van der Waals surface area contributed by atoms with Crippen molar-refractivity contribution in [3.63, 3.8) is 0 Å². The second kappa shape index (κ2) is 10.5. The molecule has 0 fully saturated rings. The molecule has 0 atom stereocenters. The molecule has 3 aromatic carbocycles. The Kier molecular flexibility index (Phi) is 6.82. The third-order valence-electron chi connectivity index (χ3n) is 6.18. The second-order valence-corrected chi connectivity index (χ2v) is 8.71. The summed E-state index contributed by atoms with van der Waals surface area (Å²) in [6.45, 7) is 3.80. The summed E-state index contributed by atoms with van der Waals surface area (Å²) in [5.74, 6) is 0.156. The van der Waals surface area contributed by atoms with E-state index in [4.69, 9.17) is 4.74 Å². The molecular formula is C29H28N4O2. The summed E-state index contributed by atoms with van der Waals surface area (Å²) < 4.78 is 9.68. The third-order valence-corrected chi connectivity index (χ3v) is 6.18. The van der Waals surface area contributed by atoms with Gasteiger partial charge >= 0.3 is 0 Å². The molecule has 5 rings (SSSR count). The summed E-state index contributed by atoms with van der Waals surface area (Å²) in [4.78, 5) is 12.8. The fraction of sp³-hybridized carbons (Fsp3) is 0.207. The normalized spacial score (nSPS) is 11.2. The molecule has 0 radical (unpaired) electrons. The molecule has 0 aliphatic heterocycles. The van der Waals surface area contributed by atoms with Crippen LogP contribution >= 0.6 is 0 Å². The molecule has 0 aliphatic carbocycles. The van der Waals surface area contributed by atoms with Crippen LogP contribution in [0.4, 0.5) is 0 Å². The van der Waals surface area contributed by atoms with Gasteiger partial charge in [-0.3, -0.25) is 4.79 Å². The lowest BCUT2D eigenvalue weighted by molar-refractivity contribution is 0.0549. The van der Waals surface area contributed by atoms with Crippen LogP contribution in [0, 0.1) is 6.92 Å². The van der Waals surface area contributed by atoms with Gasteiger partial charge in [-0.1, -0.05) is 78.0 Å². The van der Waals surface area contributed by atoms with E-state index in [1.807, 2.05) is 60.8 Å². The minimum absolute atomic E-state index is 0.156. The molecule has 5 aromatic rings. The fourth-order valence-electron chi connectivity index (χ4n) is 4.34. The average molecular weight is 465 g/mol. The molecule has 2 heterocycles. The van der Waals surface area contributed by atoms with Gasteiger partial charge in [0, 0.05) is 35.3 Å². The predicted octanol–water partition coefficient (Wildman–Crippen LogP) is 6.05. The van der Waals surface area contributed by atoms with E-state index < -0.39 is 0 Å². The highest BCUT2D eigenvalue weighted by Crippen LogP contribution is 2.21. The minimum Gasteiger partial charge on any atom is -0.355 e. The number of ketones is 1. The number of nitrogens with zero attached hydrogens (tertiary/aromatic N) is 4. The molecule has 2 aromatic heterocycles. The lowest BCUT2D eigenvalue weighted by Crippen LogP contribution is -2.04. The molecule has 0 unspecified atom stereocenters. The van der Waals surface area contributed by atoms with Gasteiger partial charge in [-0.2, -0.15) is 0 Å². The summed E-state index contributed by atoms with van der Waals surface area (Å²) in [5.41, 5.74) is 5.96. The number of aryl methyl sites for hydroxylation is 2. The Hall–Kier alpha value is -4.03. The number of rotatable bonds is 10. The Morgan fingerprint density at radius 3 is 2.54 bits per heavy atom. The van der Waals surface area contributed by atoms with Crippen molar-refractivity contribution < 1.29 is 9.53 Å². The van der Waals surface area contributed by atoms with Gasteiger partial charge in [0.15, 0.2) is 5.78 Å².